The number of anilines is 1. The van der Waals surface area contributed by atoms with Crippen molar-refractivity contribution in [3.8, 4) is 0 Å². The van der Waals surface area contributed by atoms with Gasteiger partial charge in [-0.2, -0.15) is 0 Å². The van der Waals surface area contributed by atoms with Crippen molar-refractivity contribution in [1.29, 1.82) is 0 Å². The second-order valence-corrected chi connectivity index (χ2v) is 11.1. The topological polar surface area (TPSA) is 86.8 Å². The molecule has 2 aromatic rings. The zero-order valence-electron chi connectivity index (χ0n) is 19.3. The van der Waals surface area contributed by atoms with Crippen molar-refractivity contribution in [2.24, 2.45) is 0 Å². The van der Waals surface area contributed by atoms with Gasteiger partial charge in [-0.3, -0.25) is 13.9 Å². The average molecular weight is 498 g/mol. The average Bonchev–Trinajstić information content (AvgIpc) is 2.69. The number of nitrogens with one attached hydrogen (secondary N) is 1. The molecule has 0 saturated carbocycles. The quantitative estimate of drug-likeness (QED) is 0.604. The van der Waals surface area contributed by atoms with Crippen LogP contribution in [-0.4, -0.2) is 49.5 Å². The highest BCUT2D eigenvalue weighted by Gasteiger charge is 2.31. The van der Waals surface area contributed by atoms with Gasteiger partial charge < -0.3 is 10.2 Å². The summed E-state index contributed by atoms with van der Waals surface area (Å²) >= 11 is 6.19. The molecule has 2 amide bonds. The molecule has 0 saturated heterocycles. The molecule has 0 aliphatic heterocycles. The molecular weight excluding hydrogens is 469 g/mol. The van der Waals surface area contributed by atoms with Gasteiger partial charge in [-0.15, -0.1) is 0 Å². The Labute approximate surface area is 199 Å². The monoisotopic (exact) mass is 497 g/mol. The number of carbonyl (C=O) groups excluding carboxylic acids is 2. The first-order valence-corrected chi connectivity index (χ1v) is 12.5. The van der Waals surface area contributed by atoms with E-state index in [0.717, 1.165) is 10.6 Å². The van der Waals surface area contributed by atoms with E-state index in [1.165, 1.54) is 41.3 Å². The standard InChI is InChI=1S/C23H29ClFN3O4S/c1-16(22(30)26-23(2,3)4)27(14-17-10-12-18(25)13-11-17)21(29)15-28(33(5,31)32)20-9-7-6-8-19(20)24/h6-13,16H,14-15H2,1-5H3,(H,26,30)/t16-/m0/s1. The molecule has 10 heteroatoms. The summed E-state index contributed by atoms with van der Waals surface area (Å²) in [5.41, 5.74) is 0.207. The van der Waals surface area contributed by atoms with Crippen LogP contribution in [0.2, 0.25) is 5.02 Å². The van der Waals surface area contributed by atoms with Crippen LogP contribution in [0.3, 0.4) is 0 Å². The Morgan fingerprint density at radius 1 is 1.09 bits per heavy atom. The zero-order valence-corrected chi connectivity index (χ0v) is 20.9. The molecule has 180 valence electrons. The van der Waals surface area contributed by atoms with Gasteiger partial charge in [-0.25, -0.2) is 12.8 Å². The molecule has 1 atom stereocenters. The third-order valence-electron chi connectivity index (χ3n) is 4.73. The second-order valence-electron chi connectivity index (χ2n) is 8.78. The summed E-state index contributed by atoms with van der Waals surface area (Å²) in [4.78, 5) is 27.5. The van der Waals surface area contributed by atoms with Gasteiger partial charge in [-0.1, -0.05) is 35.9 Å². The van der Waals surface area contributed by atoms with Crippen LogP contribution in [-0.2, 0) is 26.2 Å². The predicted molar refractivity (Wildman–Crippen MR) is 128 cm³/mol. The van der Waals surface area contributed by atoms with Crippen molar-refractivity contribution in [3.05, 3.63) is 64.9 Å². The van der Waals surface area contributed by atoms with E-state index in [4.69, 9.17) is 11.6 Å². The van der Waals surface area contributed by atoms with Gasteiger partial charge in [0.1, 0.15) is 18.4 Å². The minimum atomic E-state index is -3.87. The molecular formula is C23H29ClFN3O4S. The summed E-state index contributed by atoms with van der Waals surface area (Å²) in [6, 6.07) is 10.9. The second kappa shape index (κ2) is 10.5. The first-order valence-electron chi connectivity index (χ1n) is 10.3. The first-order chi connectivity index (χ1) is 15.2. The molecule has 0 aromatic heterocycles. The van der Waals surface area contributed by atoms with Gasteiger partial charge in [0.15, 0.2) is 0 Å². The van der Waals surface area contributed by atoms with Crippen LogP contribution >= 0.6 is 11.6 Å². The van der Waals surface area contributed by atoms with Crippen LogP contribution in [0, 0.1) is 5.82 Å². The van der Waals surface area contributed by atoms with Crippen molar-refractivity contribution in [1.82, 2.24) is 10.2 Å². The van der Waals surface area contributed by atoms with Crippen LogP contribution in [0.5, 0.6) is 0 Å². The SMILES string of the molecule is C[C@@H](C(=O)NC(C)(C)C)N(Cc1ccc(F)cc1)C(=O)CN(c1ccccc1Cl)S(C)(=O)=O. The maximum absolute atomic E-state index is 13.4. The normalized spacial score (nSPS) is 12.7. The van der Waals surface area contributed by atoms with Crippen molar-refractivity contribution in [2.75, 3.05) is 17.1 Å². The lowest BCUT2D eigenvalue weighted by molar-refractivity contribution is -0.140. The molecule has 0 aliphatic rings. The number of carbonyl (C=O) groups is 2. The van der Waals surface area contributed by atoms with Gasteiger partial charge >= 0.3 is 0 Å². The molecule has 0 spiro atoms. The lowest BCUT2D eigenvalue weighted by atomic mass is 10.1. The molecule has 2 rings (SSSR count). The third kappa shape index (κ3) is 7.71. The zero-order chi connectivity index (χ0) is 25.0. The Morgan fingerprint density at radius 3 is 2.18 bits per heavy atom. The minimum absolute atomic E-state index is 0.0159. The molecule has 0 heterocycles. The fourth-order valence-corrected chi connectivity index (χ4v) is 4.24. The van der Waals surface area contributed by atoms with Gasteiger partial charge in [0.2, 0.25) is 21.8 Å². The van der Waals surface area contributed by atoms with Crippen molar-refractivity contribution in [2.45, 2.75) is 45.8 Å². The fraction of sp³-hybridized carbons (Fsp3) is 0.391. The van der Waals surface area contributed by atoms with E-state index in [1.54, 1.807) is 19.1 Å². The van der Waals surface area contributed by atoms with E-state index in [2.05, 4.69) is 5.32 Å². The third-order valence-corrected chi connectivity index (χ3v) is 6.18. The Kier molecular flexibility index (Phi) is 8.48. The highest BCUT2D eigenvalue weighted by molar-refractivity contribution is 7.92. The Morgan fingerprint density at radius 2 is 1.67 bits per heavy atom. The number of nitrogens with zero attached hydrogens (tertiary/aromatic N) is 2. The van der Waals surface area contributed by atoms with E-state index < -0.39 is 45.8 Å². The molecule has 2 aromatic carbocycles. The fourth-order valence-electron chi connectivity index (χ4n) is 3.09. The smallest absolute Gasteiger partial charge is 0.244 e. The summed E-state index contributed by atoms with van der Waals surface area (Å²) in [7, 11) is -3.87. The van der Waals surface area contributed by atoms with Gasteiger partial charge in [0.25, 0.3) is 0 Å². The van der Waals surface area contributed by atoms with E-state index in [0.29, 0.717) is 5.56 Å². The number of sulfonamides is 1. The van der Waals surface area contributed by atoms with E-state index in [-0.39, 0.29) is 17.3 Å². The number of hydrogen-bond donors (Lipinski definition) is 1. The lowest BCUT2D eigenvalue weighted by Crippen LogP contribution is -2.54. The Hall–Kier alpha value is -2.65. The summed E-state index contributed by atoms with van der Waals surface area (Å²) in [5.74, 6) is -1.44. The van der Waals surface area contributed by atoms with Crippen LogP contribution in [0.4, 0.5) is 10.1 Å². The Balaban J connectivity index is 2.41. The lowest BCUT2D eigenvalue weighted by Gasteiger charge is -2.33. The number of halogens is 2. The van der Waals surface area contributed by atoms with E-state index in [1.807, 2.05) is 20.8 Å². The summed E-state index contributed by atoms with van der Waals surface area (Å²) < 4.78 is 39.3. The van der Waals surface area contributed by atoms with Crippen LogP contribution in [0.25, 0.3) is 0 Å². The molecule has 7 nitrogen and oxygen atoms in total. The van der Waals surface area contributed by atoms with Crippen LogP contribution < -0.4 is 9.62 Å². The predicted octanol–water partition coefficient (Wildman–Crippen LogP) is 3.58. The number of amides is 2. The molecule has 0 unspecified atom stereocenters. The van der Waals surface area contributed by atoms with E-state index in [9.17, 15) is 22.4 Å². The number of hydrogen-bond acceptors (Lipinski definition) is 4. The maximum Gasteiger partial charge on any atom is 0.244 e. The summed E-state index contributed by atoms with van der Waals surface area (Å²) in [5, 5.41) is 2.99. The number of para-hydroxylation sites is 1. The van der Waals surface area contributed by atoms with Gasteiger partial charge in [0, 0.05) is 12.1 Å². The van der Waals surface area contributed by atoms with Gasteiger partial charge in [0.05, 0.1) is 17.0 Å². The number of benzene rings is 2. The molecule has 33 heavy (non-hydrogen) atoms. The molecule has 0 aliphatic carbocycles. The minimum Gasteiger partial charge on any atom is -0.350 e. The molecule has 0 fully saturated rings. The van der Waals surface area contributed by atoms with Crippen molar-refractivity contribution in [3.63, 3.8) is 0 Å². The Bertz CT molecular complexity index is 1100. The molecule has 0 bridgehead atoms. The van der Waals surface area contributed by atoms with Gasteiger partial charge in [-0.05, 0) is 57.5 Å². The number of rotatable bonds is 8. The van der Waals surface area contributed by atoms with Crippen molar-refractivity contribution < 1.29 is 22.4 Å². The summed E-state index contributed by atoms with van der Waals surface area (Å²) in [6.45, 7) is 6.42. The summed E-state index contributed by atoms with van der Waals surface area (Å²) in [6.07, 6.45) is 0.976. The van der Waals surface area contributed by atoms with Crippen LogP contribution in [0.15, 0.2) is 48.5 Å². The first kappa shape index (κ1) is 26.6. The van der Waals surface area contributed by atoms with E-state index >= 15 is 0 Å². The maximum atomic E-state index is 13.4. The molecule has 0 radical (unpaired) electrons. The molecule has 1 N–H and O–H groups in total. The highest BCUT2D eigenvalue weighted by atomic mass is 35.5. The largest absolute Gasteiger partial charge is 0.350 e. The van der Waals surface area contributed by atoms with Crippen LogP contribution in [0.1, 0.15) is 33.3 Å². The highest BCUT2D eigenvalue weighted by Crippen LogP contribution is 2.27. The van der Waals surface area contributed by atoms with Crippen molar-refractivity contribution >= 4 is 39.1 Å².